The molecule has 0 radical (unpaired) electrons. The van der Waals surface area contributed by atoms with Crippen molar-refractivity contribution in [2.24, 2.45) is 5.92 Å². The van der Waals surface area contributed by atoms with E-state index >= 15 is 0 Å². The maximum absolute atomic E-state index is 13.6. The Balaban J connectivity index is 2.17. The molecule has 0 fully saturated rings. The van der Waals surface area contributed by atoms with Gasteiger partial charge in [-0.2, -0.15) is 13.2 Å². The third-order valence-electron chi connectivity index (χ3n) is 5.01. The van der Waals surface area contributed by atoms with Crippen LogP contribution in [0, 0.1) is 17.6 Å². The number of ether oxygens (including phenoxy) is 1. The molecule has 0 spiro atoms. The third kappa shape index (κ3) is 6.26. The summed E-state index contributed by atoms with van der Waals surface area (Å²) in [7, 11) is 0. The molecule has 1 atom stereocenters. The number of hydrogen-bond acceptors (Lipinski definition) is 2. The second kappa shape index (κ2) is 10.0. The third-order valence-corrected chi connectivity index (χ3v) is 5.34. The Bertz CT molecular complexity index is 1190. The summed E-state index contributed by atoms with van der Waals surface area (Å²) in [5, 5.41) is 9.29. The number of rotatable bonds is 7. The largest absolute Gasteiger partial charge is 0.481 e. The highest BCUT2D eigenvalue weighted by Gasteiger charge is 2.33. The van der Waals surface area contributed by atoms with Gasteiger partial charge < -0.3 is 9.84 Å². The van der Waals surface area contributed by atoms with Crippen LogP contribution in [0.25, 0.3) is 11.1 Å². The summed E-state index contributed by atoms with van der Waals surface area (Å²) in [6.45, 7) is 3.67. The maximum Gasteiger partial charge on any atom is 0.417 e. The SMILES string of the molecule is CC(C)CC(C(=O)O)c1cc(Oc2cc(F)cc(F)c2)cc(-c2ccc(Cl)c(C(F)(F)F)c2)c1. The highest BCUT2D eigenvalue weighted by Crippen LogP contribution is 2.39. The van der Waals surface area contributed by atoms with E-state index in [0.717, 1.165) is 24.3 Å². The zero-order chi connectivity index (χ0) is 25.2. The molecule has 0 amide bonds. The molecule has 1 unspecified atom stereocenters. The first-order chi connectivity index (χ1) is 15.8. The molecule has 0 aliphatic carbocycles. The number of halogens is 6. The van der Waals surface area contributed by atoms with Crippen LogP contribution in [0.1, 0.15) is 37.3 Å². The Morgan fingerprint density at radius 2 is 1.56 bits per heavy atom. The first kappa shape index (κ1) is 25.5. The van der Waals surface area contributed by atoms with E-state index in [9.17, 15) is 31.9 Å². The molecule has 0 bridgehead atoms. The molecular weight excluding hydrogens is 479 g/mol. The molecule has 9 heteroatoms. The minimum atomic E-state index is -4.70. The van der Waals surface area contributed by atoms with Gasteiger partial charge >= 0.3 is 12.1 Å². The van der Waals surface area contributed by atoms with Crippen molar-refractivity contribution in [1.82, 2.24) is 0 Å². The molecule has 0 aliphatic rings. The fourth-order valence-corrected chi connectivity index (χ4v) is 3.77. The van der Waals surface area contributed by atoms with Gasteiger partial charge in [-0.25, -0.2) is 8.78 Å². The molecule has 180 valence electrons. The van der Waals surface area contributed by atoms with Crippen molar-refractivity contribution in [1.29, 1.82) is 0 Å². The lowest BCUT2D eigenvalue weighted by Gasteiger charge is -2.19. The topological polar surface area (TPSA) is 46.5 Å². The minimum absolute atomic E-state index is 0.00111. The van der Waals surface area contributed by atoms with Gasteiger partial charge in [0.15, 0.2) is 0 Å². The van der Waals surface area contributed by atoms with Crippen molar-refractivity contribution in [2.45, 2.75) is 32.4 Å². The molecule has 0 aromatic heterocycles. The average Bonchev–Trinajstić information content (AvgIpc) is 2.70. The zero-order valence-electron chi connectivity index (χ0n) is 18.1. The van der Waals surface area contributed by atoms with Gasteiger partial charge in [0.25, 0.3) is 0 Å². The average molecular weight is 499 g/mol. The Labute approximate surface area is 197 Å². The summed E-state index contributed by atoms with van der Waals surface area (Å²) in [6, 6.07) is 10.1. The van der Waals surface area contributed by atoms with E-state index in [4.69, 9.17) is 16.3 Å². The van der Waals surface area contributed by atoms with E-state index < -0.39 is 40.3 Å². The molecule has 3 aromatic carbocycles. The fraction of sp³-hybridized carbons (Fsp3) is 0.240. The van der Waals surface area contributed by atoms with E-state index in [1.165, 1.54) is 24.3 Å². The first-order valence-corrected chi connectivity index (χ1v) is 10.6. The summed E-state index contributed by atoms with van der Waals surface area (Å²) in [5.74, 6) is -4.07. The Hall–Kier alpha value is -3.13. The summed E-state index contributed by atoms with van der Waals surface area (Å²) in [5.41, 5.74) is -0.443. The molecule has 1 N–H and O–H groups in total. The lowest BCUT2D eigenvalue weighted by Crippen LogP contribution is -2.14. The number of aliphatic carboxylic acids is 1. The van der Waals surface area contributed by atoms with Crippen molar-refractivity contribution >= 4 is 17.6 Å². The van der Waals surface area contributed by atoms with E-state index in [0.29, 0.717) is 6.07 Å². The quantitative estimate of drug-likeness (QED) is 0.333. The Kier molecular flexibility index (Phi) is 7.51. The second-order valence-corrected chi connectivity index (χ2v) is 8.62. The van der Waals surface area contributed by atoms with Gasteiger partial charge in [0.2, 0.25) is 0 Å². The van der Waals surface area contributed by atoms with Gasteiger partial charge in [0.05, 0.1) is 16.5 Å². The zero-order valence-corrected chi connectivity index (χ0v) is 18.8. The molecule has 0 saturated heterocycles. The number of hydrogen-bond donors (Lipinski definition) is 1. The molecule has 0 heterocycles. The van der Waals surface area contributed by atoms with Crippen LogP contribution in [0.5, 0.6) is 11.5 Å². The molecule has 3 nitrogen and oxygen atoms in total. The highest BCUT2D eigenvalue weighted by molar-refractivity contribution is 6.31. The summed E-state index contributed by atoms with van der Waals surface area (Å²) in [4.78, 5) is 12.0. The van der Waals surface area contributed by atoms with Gasteiger partial charge in [0.1, 0.15) is 23.1 Å². The van der Waals surface area contributed by atoms with Crippen LogP contribution in [0.2, 0.25) is 5.02 Å². The van der Waals surface area contributed by atoms with E-state index in [-0.39, 0.29) is 40.5 Å². The van der Waals surface area contributed by atoms with Crippen LogP contribution in [0.3, 0.4) is 0 Å². The normalized spacial score (nSPS) is 12.6. The van der Waals surface area contributed by atoms with Crippen LogP contribution in [0.15, 0.2) is 54.6 Å². The number of carbonyl (C=O) groups is 1. The number of carboxylic acid groups (broad SMARTS) is 1. The van der Waals surface area contributed by atoms with Crippen molar-refractivity contribution in [3.8, 4) is 22.6 Å². The van der Waals surface area contributed by atoms with Crippen LogP contribution in [-0.2, 0) is 11.0 Å². The van der Waals surface area contributed by atoms with Crippen LogP contribution < -0.4 is 4.74 Å². The van der Waals surface area contributed by atoms with Gasteiger partial charge in [-0.1, -0.05) is 37.6 Å². The lowest BCUT2D eigenvalue weighted by molar-refractivity contribution is -0.139. The lowest BCUT2D eigenvalue weighted by atomic mass is 9.88. The molecule has 0 aliphatic heterocycles. The number of benzene rings is 3. The minimum Gasteiger partial charge on any atom is -0.481 e. The van der Waals surface area contributed by atoms with Crippen molar-refractivity contribution in [3.63, 3.8) is 0 Å². The molecule has 34 heavy (non-hydrogen) atoms. The maximum atomic E-state index is 13.6. The monoisotopic (exact) mass is 498 g/mol. The van der Waals surface area contributed by atoms with Crippen molar-refractivity contribution in [3.05, 3.63) is 82.4 Å². The number of alkyl halides is 3. The summed E-state index contributed by atoms with van der Waals surface area (Å²) >= 11 is 5.72. The van der Waals surface area contributed by atoms with Gasteiger partial charge in [-0.05, 0) is 53.3 Å². The van der Waals surface area contributed by atoms with Crippen LogP contribution in [0.4, 0.5) is 22.0 Å². The molecular formula is C25H20ClF5O3. The number of carboxylic acids is 1. The Morgan fingerprint density at radius 3 is 2.12 bits per heavy atom. The molecule has 3 aromatic rings. The second-order valence-electron chi connectivity index (χ2n) is 8.21. The Morgan fingerprint density at radius 1 is 0.941 bits per heavy atom. The summed E-state index contributed by atoms with van der Waals surface area (Å²) in [6.07, 6.45) is -4.45. The fourth-order valence-electron chi connectivity index (χ4n) is 3.55. The summed E-state index contributed by atoms with van der Waals surface area (Å²) < 4.78 is 73.0. The molecule has 3 rings (SSSR count). The predicted octanol–water partition coefficient (Wildman–Crippen LogP) is 8.31. The first-order valence-electron chi connectivity index (χ1n) is 10.2. The van der Waals surface area contributed by atoms with Gasteiger partial charge in [-0.3, -0.25) is 4.79 Å². The highest BCUT2D eigenvalue weighted by atomic mass is 35.5. The predicted molar refractivity (Wildman–Crippen MR) is 118 cm³/mol. The molecule has 0 saturated carbocycles. The van der Waals surface area contributed by atoms with Crippen LogP contribution >= 0.6 is 11.6 Å². The van der Waals surface area contributed by atoms with E-state index in [2.05, 4.69) is 0 Å². The van der Waals surface area contributed by atoms with E-state index in [1.807, 2.05) is 13.8 Å². The standard InChI is InChI=1S/C25H20ClF5O3/c1-13(2)5-21(24(32)33)16-6-15(14-3-4-23(26)22(9-14)25(29,30)31)7-19(8-16)34-20-11-17(27)10-18(28)12-20/h3-4,6-13,21H,5H2,1-2H3,(H,32,33). The van der Waals surface area contributed by atoms with Crippen molar-refractivity contribution < 1.29 is 36.6 Å². The van der Waals surface area contributed by atoms with E-state index in [1.54, 1.807) is 0 Å². The van der Waals surface area contributed by atoms with Crippen LogP contribution in [-0.4, -0.2) is 11.1 Å². The smallest absolute Gasteiger partial charge is 0.417 e. The van der Waals surface area contributed by atoms with Gasteiger partial charge in [-0.15, -0.1) is 0 Å². The van der Waals surface area contributed by atoms with Crippen molar-refractivity contribution in [2.75, 3.05) is 0 Å². The van der Waals surface area contributed by atoms with Gasteiger partial charge in [0, 0.05) is 18.2 Å².